The average Bonchev–Trinajstić information content (AvgIpc) is 2.71. The van der Waals surface area contributed by atoms with Crippen LogP contribution in [0.3, 0.4) is 0 Å². The number of rotatable bonds is 2. The van der Waals surface area contributed by atoms with Gasteiger partial charge in [0, 0.05) is 11.1 Å². The SMILES string of the molecule is Cc1cccc(NC(=O)[C@]23CC[C@@](C)(C(=O)[C@@H]2Br)C3(C)C)c1. The zero-order valence-corrected chi connectivity index (χ0v) is 15.1. The Hall–Kier alpha value is -1.16. The predicted octanol–water partition coefficient (Wildman–Crippen LogP) is 4.09. The zero-order chi connectivity index (χ0) is 16.3. The molecule has 2 fully saturated rings. The maximum Gasteiger partial charge on any atom is 0.232 e. The van der Waals surface area contributed by atoms with Crippen LogP contribution in [0.25, 0.3) is 0 Å². The highest BCUT2D eigenvalue weighted by molar-refractivity contribution is 9.10. The molecule has 22 heavy (non-hydrogen) atoms. The highest BCUT2D eigenvalue weighted by Crippen LogP contribution is 2.72. The normalized spacial score (nSPS) is 35.7. The van der Waals surface area contributed by atoms with Crippen molar-refractivity contribution in [1.29, 1.82) is 0 Å². The summed E-state index contributed by atoms with van der Waals surface area (Å²) in [4.78, 5) is 25.4. The lowest BCUT2D eigenvalue weighted by Gasteiger charge is -2.39. The van der Waals surface area contributed by atoms with Gasteiger partial charge in [0.15, 0.2) is 5.78 Å². The second kappa shape index (κ2) is 4.67. The number of alkyl halides is 1. The minimum Gasteiger partial charge on any atom is -0.326 e. The third-order valence-electron chi connectivity index (χ3n) is 6.40. The fraction of sp³-hybridized carbons (Fsp3) is 0.556. The molecule has 118 valence electrons. The van der Waals surface area contributed by atoms with Gasteiger partial charge in [0.2, 0.25) is 5.91 Å². The van der Waals surface area contributed by atoms with E-state index in [2.05, 4.69) is 35.1 Å². The first kappa shape index (κ1) is 15.7. The molecule has 2 aliphatic rings. The monoisotopic (exact) mass is 363 g/mol. The predicted molar refractivity (Wildman–Crippen MR) is 91.1 cm³/mol. The number of anilines is 1. The van der Waals surface area contributed by atoms with E-state index in [-0.39, 0.29) is 17.1 Å². The maximum absolute atomic E-state index is 13.1. The van der Waals surface area contributed by atoms with Crippen molar-refractivity contribution in [3.63, 3.8) is 0 Å². The average molecular weight is 364 g/mol. The van der Waals surface area contributed by atoms with Crippen molar-refractivity contribution in [3.8, 4) is 0 Å². The summed E-state index contributed by atoms with van der Waals surface area (Å²) >= 11 is 3.55. The number of hydrogen-bond donors (Lipinski definition) is 1. The van der Waals surface area contributed by atoms with Gasteiger partial charge in [-0.15, -0.1) is 0 Å². The van der Waals surface area contributed by atoms with E-state index in [1.54, 1.807) is 0 Å². The van der Waals surface area contributed by atoms with Crippen molar-refractivity contribution in [2.45, 2.75) is 45.4 Å². The third kappa shape index (κ3) is 1.67. The highest BCUT2D eigenvalue weighted by atomic mass is 79.9. The van der Waals surface area contributed by atoms with Crippen LogP contribution in [0, 0.1) is 23.2 Å². The van der Waals surface area contributed by atoms with Gasteiger partial charge < -0.3 is 5.32 Å². The van der Waals surface area contributed by atoms with Gasteiger partial charge in [0.1, 0.15) is 0 Å². The summed E-state index contributed by atoms with van der Waals surface area (Å²) in [5.74, 6) is 0.127. The van der Waals surface area contributed by atoms with Gasteiger partial charge in [0.25, 0.3) is 0 Å². The Labute approximate surface area is 140 Å². The van der Waals surface area contributed by atoms with Gasteiger partial charge in [-0.2, -0.15) is 0 Å². The molecular weight excluding hydrogens is 342 g/mol. The Morgan fingerprint density at radius 1 is 1.27 bits per heavy atom. The van der Waals surface area contributed by atoms with Crippen LogP contribution in [0.1, 0.15) is 39.2 Å². The van der Waals surface area contributed by atoms with E-state index in [0.717, 1.165) is 24.1 Å². The molecule has 1 aromatic carbocycles. The molecule has 1 N–H and O–H groups in total. The van der Waals surface area contributed by atoms with Crippen LogP contribution in [0.5, 0.6) is 0 Å². The molecule has 2 aliphatic carbocycles. The highest BCUT2D eigenvalue weighted by Gasteiger charge is 2.76. The number of carbonyl (C=O) groups is 2. The molecule has 0 heterocycles. The second-order valence-corrected chi connectivity index (χ2v) is 8.39. The lowest BCUT2D eigenvalue weighted by molar-refractivity contribution is -0.130. The first-order valence-corrected chi connectivity index (χ1v) is 8.65. The summed E-state index contributed by atoms with van der Waals surface area (Å²) in [5, 5.41) is 3.05. The molecule has 0 unspecified atom stereocenters. The number of halogens is 1. The smallest absolute Gasteiger partial charge is 0.232 e. The van der Waals surface area contributed by atoms with E-state index >= 15 is 0 Å². The molecule has 0 saturated heterocycles. The summed E-state index contributed by atoms with van der Waals surface area (Å²) in [5.41, 5.74) is 0.430. The van der Waals surface area contributed by atoms with Crippen LogP contribution in [-0.4, -0.2) is 16.5 Å². The van der Waals surface area contributed by atoms with Gasteiger partial charge in [-0.1, -0.05) is 48.8 Å². The number of benzene rings is 1. The topological polar surface area (TPSA) is 46.2 Å². The van der Waals surface area contributed by atoms with Crippen molar-refractivity contribution < 1.29 is 9.59 Å². The molecule has 3 nitrogen and oxygen atoms in total. The number of hydrogen-bond acceptors (Lipinski definition) is 2. The molecule has 1 aromatic rings. The number of amides is 1. The van der Waals surface area contributed by atoms with Crippen molar-refractivity contribution in [2.24, 2.45) is 16.2 Å². The minimum atomic E-state index is -0.678. The van der Waals surface area contributed by atoms with Crippen LogP contribution >= 0.6 is 15.9 Å². The summed E-state index contributed by atoms with van der Waals surface area (Å²) in [6, 6.07) is 7.77. The molecule has 0 aromatic heterocycles. The molecule has 2 bridgehead atoms. The van der Waals surface area contributed by atoms with E-state index in [1.165, 1.54) is 0 Å². The van der Waals surface area contributed by atoms with Gasteiger partial charge in [-0.25, -0.2) is 0 Å². The van der Waals surface area contributed by atoms with Crippen LogP contribution in [0.4, 0.5) is 5.69 Å². The zero-order valence-electron chi connectivity index (χ0n) is 13.5. The standard InChI is InChI=1S/C18H22BrNO2/c1-11-6-5-7-12(10-11)20-15(22)18-9-8-17(4,16(18,2)3)14(21)13(18)19/h5-7,10,13H,8-9H2,1-4H3,(H,20,22)/t13-,17-,18-/m0/s1. The molecule has 3 atom stereocenters. The number of Topliss-reactive ketones (excluding diaryl/α,β-unsaturated/α-hetero) is 1. The molecule has 3 rings (SSSR count). The van der Waals surface area contributed by atoms with Crippen LogP contribution in [-0.2, 0) is 9.59 Å². The van der Waals surface area contributed by atoms with Crippen LogP contribution in [0.15, 0.2) is 24.3 Å². The molecule has 1 amide bonds. The molecule has 0 spiro atoms. The van der Waals surface area contributed by atoms with Gasteiger partial charge in [-0.05, 0) is 42.9 Å². The number of ketones is 1. The number of carbonyl (C=O) groups excluding carboxylic acids is 2. The summed E-state index contributed by atoms with van der Waals surface area (Å²) in [6.45, 7) is 8.14. The van der Waals surface area contributed by atoms with Crippen LogP contribution < -0.4 is 5.32 Å². The maximum atomic E-state index is 13.1. The lowest BCUT2D eigenvalue weighted by Crippen LogP contribution is -2.47. The third-order valence-corrected chi connectivity index (χ3v) is 7.60. The Bertz CT molecular complexity index is 669. The number of fused-ring (bicyclic) bond motifs is 2. The molecule has 0 radical (unpaired) electrons. The van der Waals surface area contributed by atoms with Gasteiger partial charge in [-0.3, -0.25) is 9.59 Å². The van der Waals surface area contributed by atoms with E-state index in [0.29, 0.717) is 0 Å². The van der Waals surface area contributed by atoms with Crippen molar-refractivity contribution in [3.05, 3.63) is 29.8 Å². The minimum absolute atomic E-state index is 0.0421. The van der Waals surface area contributed by atoms with E-state index < -0.39 is 15.7 Å². The Morgan fingerprint density at radius 3 is 2.50 bits per heavy atom. The summed E-state index contributed by atoms with van der Waals surface area (Å²) < 4.78 is 0. The van der Waals surface area contributed by atoms with Crippen LogP contribution in [0.2, 0.25) is 0 Å². The van der Waals surface area contributed by atoms with Crippen molar-refractivity contribution in [2.75, 3.05) is 5.32 Å². The van der Waals surface area contributed by atoms with E-state index in [4.69, 9.17) is 0 Å². The molecular formula is C18H22BrNO2. The molecule has 2 saturated carbocycles. The Balaban J connectivity index is 1.99. The number of aryl methyl sites for hydroxylation is 1. The fourth-order valence-corrected chi connectivity index (χ4v) is 5.93. The van der Waals surface area contributed by atoms with Crippen molar-refractivity contribution >= 4 is 33.3 Å². The first-order valence-electron chi connectivity index (χ1n) is 7.73. The lowest BCUT2D eigenvalue weighted by atomic mass is 9.64. The quantitative estimate of drug-likeness (QED) is 0.804. The van der Waals surface area contributed by atoms with Gasteiger partial charge >= 0.3 is 0 Å². The summed E-state index contributed by atoms with van der Waals surface area (Å²) in [7, 11) is 0. The second-order valence-electron chi connectivity index (χ2n) is 7.48. The van der Waals surface area contributed by atoms with Gasteiger partial charge in [0.05, 0.1) is 10.2 Å². The van der Waals surface area contributed by atoms with E-state index in [1.807, 2.05) is 38.1 Å². The summed E-state index contributed by atoms with van der Waals surface area (Å²) in [6.07, 6.45) is 1.53. The van der Waals surface area contributed by atoms with E-state index in [9.17, 15) is 9.59 Å². The number of nitrogens with one attached hydrogen (secondary N) is 1. The largest absolute Gasteiger partial charge is 0.326 e. The molecule has 0 aliphatic heterocycles. The molecule has 4 heteroatoms. The fourth-order valence-electron chi connectivity index (χ4n) is 4.42. The first-order chi connectivity index (χ1) is 10.2. The Kier molecular flexibility index (Phi) is 3.34. The Morgan fingerprint density at radius 2 is 1.95 bits per heavy atom. The van der Waals surface area contributed by atoms with Crippen molar-refractivity contribution in [1.82, 2.24) is 0 Å².